The first kappa shape index (κ1) is 19.3. The molecule has 1 aliphatic rings. The van der Waals surface area contributed by atoms with E-state index in [0.717, 1.165) is 35.6 Å². The maximum absolute atomic E-state index is 12.5. The molecule has 0 saturated heterocycles. The maximum atomic E-state index is 12.5. The number of carbonyl (C=O) groups excluding carboxylic acids is 1. The number of hydrogen-bond acceptors (Lipinski definition) is 5. The smallest absolute Gasteiger partial charge is 0.266 e. The average Bonchev–Trinajstić information content (AvgIpc) is 3.41. The van der Waals surface area contributed by atoms with E-state index in [1.165, 1.54) is 4.68 Å². The molecule has 1 fully saturated rings. The van der Waals surface area contributed by atoms with Crippen molar-refractivity contribution in [2.24, 2.45) is 5.92 Å². The minimum atomic E-state index is -0.151. The molecule has 1 atom stereocenters. The third-order valence-electron chi connectivity index (χ3n) is 5.19. The standard InChI is InChI=1S/C20H28N4O3/c1-12(2)18(11-24-20(26)10-8-17(22-24)15-5-6-15)21-19(25)9-7-16-13(3)23-27-14(16)4/h8,10,12,15,18H,5-7,9,11H2,1-4H3,(H,21,25)/t18-/m1/s1. The van der Waals surface area contributed by atoms with Gasteiger partial charge in [0.1, 0.15) is 5.76 Å². The zero-order valence-electron chi connectivity index (χ0n) is 16.5. The summed E-state index contributed by atoms with van der Waals surface area (Å²) >= 11 is 0. The molecule has 7 heteroatoms. The Bertz CT molecular complexity index is 845. The van der Waals surface area contributed by atoms with Crippen molar-refractivity contribution in [2.45, 2.75) is 71.9 Å². The van der Waals surface area contributed by atoms with Crippen LogP contribution >= 0.6 is 0 Å². The largest absolute Gasteiger partial charge is 0.361 e. The van der Waals surface area contributed by atoms with Crippen LogP contribution in [0.2, 0.25) is 0 Å². The average molecular weight is 372 g/mol. The summed E-state index contributed by atoms with van der Waals surface area (Å²) in [6.07, 6.45) is 3.22. The van der Waals surface area contributed by atoms with Gasteiger partial charge in [-0.05, 0) is 45.1 Å². The third kappa shape index (κ3) is 4.84. The molecule has 27 heavy (non-hydrogen) atoms. The van der Waals surface area contributed by atoms with E-state index in [-0.39, 0.29) is 23.4 Å². The van der Waals surface area contributed by atoms with Crippen LogP contribution in [-0.2, 0) is 17.8 Å². The highest BCUT2D eigenvalue weighted by molar-refractivity contribution is 5.76. The van der Waals surface area contributed by atoms with Gasteiger partial charge >= 0.3 is 0 Å². The number of carbonyl (C=O) groups is 1. The van der Waals surface area contributed by atoms with Gasteiger partial charge in [0.2, 0.25) is 5.91 Å². The van der Waals surface area contributed by atoms with Crippen molar-refractivity contribution >= 4 is 5.91 Å². The molecule has 0 aromatic carbocycles. The quantitative estimate of drug-likeness (QED) is 0.769. The van der Waals surface area contributed by atoms with E-state index in [4.69, 9.17) is 4.52 Å². The molecule has 3 rings (SSSR count). The fourth-order valence-corrected chi connectivity index (χ4v) is 3.18. The minimum absolute atomic E-state index is 0.0416. The summed E-state index contributed by atoms with van der Waals surface area (Å²) in [7, 11) is 0. The monoisotopic (exact) mass is 372 g/mol. The van der Waals surface area contributed by atoms with E-state index >= 15 is 0 Å². The number of aryl methyl sites for hydroxylation is 2. The van der Waals surface area contributed by atoms with E-state index in [9.17, 15) is 9.59 Å². The van der Waals surface area contributed by atoms with Crippen LogP contribution in [0.3, 0.4) is 0 Å². The molecule has 0 bridgehead atoms. The summed E-state index contributed by atoms with van der Waals surface area (Å²) in [6, 6.07) is 3.25. The van der Waals surface area contributed by atoms with Crippen molar-refractivity contribution < 1.29 is 9.32 Å². The first-order valence-electron chi connectivity index (χ1n) is 9.64. The number of amides is 1. The van der Waals surface area contributed by atoms with Gasteiger partial charge in [-0.2, -0.15) is 5.10 Å². The van der Waals surface area contributed by atoms with Crippen molar-refractivity contribution in [3.05, 3.63) is 45.2 Å². The summed E-state index contributed by atoms with van der Waals surface area (Å²) in [5.41, 5.74) is 2.66. The molecule has 2 heterocycles. The van der Waals surface area contributed by atoms with Crippen molar-refractivity contribution in [1.82, 2.24) is 20.3 Å². The molecule has 2 aromatic heterocycles. The van der Waals surface area contributed by atoms with Crippen molar-refractivity contribution in [3.63, 3.8) is 0 Å². The lowest BCUT2D eigenvalue weighted by Gasteiger charge is -2.23. The Kier molecular flexibility index (Phi) is 5.77. The SMILES string of the molecule is Cc1noc(C)c1CCC(=O)N[C@H](Cn1nc(C2CC2)ccc1=O)C(C)C. The van der Waals surface area contributed by atoms with E-state index in [0.29, 0.717) is 25.3 Å². The Hall–Kier alpha value is -2.44. The molecule has 1 N–H and O–H groups in total. The highest BCUT2D eigenvalue weighted by Gasteiger charge is 2.26. The molecule has 7 nitrogen and oxygen atoms in total. The van der Waals surface area contributed by atoms with Crippen LogP contribution < -0.4 is 10.9 Å². The molecule has 1 amide bonds. The van der Waals surface area contributed by atoms with Crippen LogP contribution in [0.15, 0.2) is 21.5 Å². The number of rotatable bonds is 8. The molecule has 2 aromatic rings. The van der Waals surface area contributed by atoms with E-state index in [2.05, 4.69) is 15.6 Å². The Morgan fingerprint density at radius 3 is 2.67 bits per heavy atom. The number of nitrogens with one attached hydrogen (secondary N) is 1. The lowest BCUT2D eigenvalue weighted by atomic mass is 10.0. The topological polar surface area (TPSA) is 90.0 Å². The van der Waals surface area contributed by atoms with E-state index in [1.54, 1.807) is 6.07 Å². The Morgan fingerprint density at radius 2 is 2.07 bits per heavy atom. The van der Waals surface area contributed by atoms with Crippen molar-refractivity contribution in [3.8, 4) is 0 Å². The lowest BCUT2D eigenvalue weighted by Crippen LogP contribution is -2.44. The molecule has 146 valence electrons. The van der Waals surface area contributed by atoms with Gasteiger partial charge in [0, 0.05) is 24.0 Å². The van der Waals surface area contributed by atoms with Crippen LogP contribution in [0.25, 0.3) is 0 Å². The highest BCUT2D eigenvalue weighted by Crippen LogP contribution is 2.38. The van der Waals surface area contributed by atoms with Gasteiger partial charge in [0.25, 0.3) is 5.56 Å². The van der Waals surface area contributed by atoms with E-state index < -0.39 is 0 Å². The fourth-order valence-electron chi connectivity index (χ4n) is 3.18. The second-order valence-electron chi connectivity index (χ2n) is 7.77. The van der Waals surface area contributed by atoms with Gasteiger partial charge in [-0.3, -0.25) is 9.59 Å². The van der Waals surface area contributed by atoms with Crippen LogP contribution in [0, 0.1) is 19.8 Å². The molecule has 0 radical (unpaired) electrons. The maximum Gasteiger partial charge on any atom is 0.266 e. The molecule has 0 spiro atoms. The zero-order valence-corrected chi connectivity index (χ0v) is 16.5. The van der Waals surface area contributed by atoms with Crippen molar-refractivity contribution in [2.75, 3.05) is 0 Å². The van der Waals surface area contributed by atoms with Gasteiger partial charge in [-0.15, -0.1) is 0 Å². The Balaban J connectivity index is 1.63. The summed E-state index contributed by atoms with van der Waals surface area (Å²) in [5, 5.41) is 11.5. The Labute approximate surface area is 159 Å². The molecule has 0 unspecified atom stereocenters. The lowest BCUT2D eigenvalue weighted by molar-refractivity contribution is -0.122. The minimum Gasteiger partial charge on any atom is -0.361 e. The third-order valence-corrected chi connectivity index (χ3v) is 5.19. The van der Waals surface area contributed by atoms with Crippen LogP contribution in [0.1, 0.15) is 61.7 Å². The number of hydrogen-bond donors (Lipinski definition) is 1. The van der Waals surface area contributed by atoms with Gasteiger partial charge < -0.3 is 9.84 Å². The predicted molar refractivity (Wildman–Crippen MR) is 102 cm³/mol. The Morgan fingerprint density at radius 1 is 1.33 bits per heavy atom. The highest BCUT2D eigenvalue weighted by atomic mass is 16.5. The van der Waals surface area contributed by atoms with Crippen LogP contribution in [0.4, 0.5) is 0 Å². The number of aromatic nitrogens is 3. The van der Waals surface area contributed by atoms with Crippen molar-refractivity contribution in [1.29, 1.82) is 0 Å². The summed E-state index contributed by atoms with van der Waals surface area (Å²) in [4.78, 5) is 24.7. The van der Waals surface area contributed by atoms with Gasteiger partial charge in [-0.1, -0.05) is 19.0 Å². The zero-order chi connectivity index (χ0) is 19.6. The molecular weight excluding hydrogens is 344 g/mol. The summed E-state index contributed by atoms with van der Waals surface area (Å²) in [5.74, 6) is 1.39. The predicted octanol–water partition coefficient (Wildman–Crippen LogP) is 2.50. The van der Waals surface area contributed by atoms with Crippen LogP contribution in [-0.4, -0.2) is 26.9 Å². The molecular formula is C20H28N4O3. The van der Waals surface area contributed by atoms with Gasteiger partial charge in [0.15, 0.2) is 0 Å². The molecule has 0 aliphatic heterocycles. The molecule has 1 saturated carbocycles. The molecule has 1 aliphatic carbocycles. The van der Waals surface area contributed by atoms with Gasteiger partial charge in [0.05, 0.1) is 24.0 Å². The van der Waals surface area contributed by atoms with E-state index in [1.807, 2.05) is 33.8 Å². The van der Waals surface area contributed by atoms with Gasteiger partial charge in [-0.25, -0.2) is 4.68 Å². The first-order valence-corrected chi connectivity index (χ1v) is 9.64. The summed E-state index contributed by atoms with van der Waals surface area (Å²) < 4.78 is 6.64. The normalized spacial score (nSPS) is 15.1. The van der Waals surface area contributed by atoms with Crippen LogP contribution in [0.5, 0.6) is 0 Å². The number of nitrogens with zero attached hydrogens (tertiary/aromatic N) is 3. The fraction of sp³-hybridized carbons (Fsp3) is 0.600. The first-order chi connectivity index (χ1) is 12.8. The second kappa shape index (κ2) is 8.06. The summed E-state index contributed by atoms with van der Waals surface area (Å²) in [6.45, 7) is 8.19. The second-order valence-corrected chi connectivity index (χ2v) is 7.77.